The van der Waals surface area contributed by atoms with Gasteiger partial charge in [-0.2, -0.15) is 0 Å². The Bertz CT molecular complexity index is 1510. The highest BCUT2D eigenvalue weighted by Gasteiger charge is 2.24. The molecular formula is C32H35N3O4. The lowest BCUT2D eigenvalue weighted by Gasteiger charge is -2.23. The second-order valence-corrected chi connectivity index (χ2v) is 10.3. The van der Waals surface area contributed by atoms with E-state index in [-0.39, 0.29) is 17.5 Å². The third-order valence-electron chi connectivity index (χ3n) is 7.12. The molecule has 39 heavy (non-hydrogen) atoms. The SMILES string of the molecule is COC[C@@H]1CCCN1Cc1ccc(N=Cc2c(O)[nH]c(=O)c3ccc(-c4ccc(OC(C)C)cc4)cc23)cc1. The van der Waals surface area contributed by atoms with Gasteiger partial charge in [-0.25, -0.2) is 0 Å². The standard InChI is InChI=1S/C32H35N3O4/c1-21(2)39-27-13-8-23(9-14-27)24-10-15-28-29(17-24)30(32(37)34-31(28)36)18-33-25-11-6-22(7-12-25)19-35-16-4-5-26(35)20-38-3/h6-15,17-18,21,26H,4-5,16,19-20H2,1-3H3,(H2,34,36,37)/t26-/m0/s1. The van der Waals surface area contributed by atoms with Gasteiger partial charge in [0, 0.05) is 36.7 Å². The molecule has 0 bridgehead atoms. The maximum absolute atomic E-state index is 12.6. The molecule has 0 spiro atoms. The summed E-state index contributed by atoms with van der Waals surface area (Å²) < 4.78 is 11.1. The Balaban J connectivity index is 1.39. The van der Waals surface area contributed by atoms with E-state index in [2.05, 4.69) is 27.0 Å². The van der Waals surface area contributed by atoms with Crippen molar-refractivity contribution in [2.45, 2.75) is 45.4 Å². The van der Waals surface area contributed by atoms with Gasteiger partial charge in [0.15, 0.2) is 0 Å². The number of fused-ring (bicyclic) bond motifs is 1. The summed E-state index contributed by atoms with van der Waals surface area (Å²) in [5, 5.41) is 11.8. The lowest BCUT2D eigenvalue weighted by atomic mass is 9.99. The molecule has 2 heterocycles. The Morgan fingerprint density at radius 2 is 1.79 bits per heavy atom. The fraction of sp³-hybridized carbons (Fsp3) is 0.312. The molecule has 0 amide bonds. The molecule has 0 radical (unpaired) electrons. The van der Waals surface area contributed by atoms with E-state index in [1.165, 1.54) is 18.4 Å². The van der Waals surface area contributed by atoms with Crippen LogP contribution in [0, 0.1) is 0 Å². The van der Waals surface area contributed by atoms with Crippen LogP contribution in [-0.2, 0) is 11.3 Å². The molecule has 1 fully saturated rings. The number of rotatable bonds is 9. The summed E-state index contributed by atoms with van der Waals surface area (Å²) in [6.45, 7) is 6.72. The van der Waals surface area contributed by atoms with Gasteiger partial charge < -0.3 is 14.6 Å². The van der Waals surface area contributed by atoms with Gasteiger partial charge in [-0.15, -0.1) is 0 Å². The third-order valence-corrected chi connectivity index (χ3v) is 7.12. The number of hydrogen-bond donors (Lipinski definition) is 2. The van der Waals surface area contributed by atoms with Gasteiger partial charge in [0.25, 0.3) is 5.56 Å². The quantitative estimate of drug-likeness (QED) is 0.260. The van der Waals surface area contributed by atoms with E-state index in [1.807, 2.05) is 62.4 Å². The van der Waals surface area contributed by atoms with E-state index in [0.717, 1.165) is 42.3 Å². The molecule has 1 saturated heterocycles. The number of aromatic nitrogens is 1. The summed E-state index contributed by atoms with van der Waals surface area (Å²) in [6.07, 6.45) is 4.09. The second-order valence-electron chi connectivity index (χ2n) is 10.3. The van der Waals surface area contributed by atoms with Gasteiger partial charge in [0.05, 0.1) is 24.0 Å². The molecule has 4 aromatic rings. The zero-order valence-electron chi connectivity index (χ0n) is 22.7. The van der Waals surface area contributed by atoms with Crippen molar-refractivity contribution in [3.05, 3.63) is 88.2 Å². The van der Waals surface area contributed by atoms with E-state index in [9.17, 15) is 9.90 Å². The zero-order valence-corrected chi connectivity index (χ0v) is 22.7. The van der Waals surface area contributed by atoms with Crippen molar-refractivity contribution < 1.29 is 14.6 Å². The number of aliphatic imine (C=N–C) groups is 1. The Morgan fingerprint density at radius 1 is 1.05 bits per heavy atom. The van der Waals surface area contributed by atoms with Gasteiger partial charge in [-0.05, 0) is 86.3 Å². The van der Waals surface area contributed by atoms with Crippen molar-refractivity contribution in [3.8, 4) is 22.8 Å². The maximum Gasteiger partial charge on any atom is 0.258 e. The topological polar surface area (TPSA) is 87.2 Å². The molecule has 7 nitrogen and oxygen atoms in total. The van der Waals surface area contributed by atoms with Crippen molar-refractivity contribution in [1.29, 1.82) is 0 Å². The molecule has 0 unspecified atom stereocenters. The van der Waals surface area contributed by atoms with Crippen LogP contribution in [0.3, 0.4) is 0 Å². The molecule has 1 aliphatic heterocycles. The molecule has 1 aliphatic rings. The molecule has 0 saturated carbocycles. The molecule has 1 atom stereocenters. The summed E-state index contributed by atoms with van der Waals surface area (Å²) in [5.41, 5.74) is 4.03. The minimum Gasteiger partial charge on any atom is -0.494 e. The second kappa shape index (κ2) is 11.8. The first-order chi connectivity index (χ1) is 18.9. The van der Waals surface area contributed by atoms with Crippen molar-refractivity contribution in [1.82, 2.24) is 9.88 Å². The van der Waals surface area contributed by atoms with Gasteiger partial charge in [0.1, 0.15) is 5.75 Å². The minimum atomic E-state index is -0.343. The predicted molar refractivity (Wildman–Crippen MR) is 156 cm³/mol. The van der Waals surface area contributed by atoms with Crippen LogP contribution in [-0.4, -0.2) is 53.6 Å². The molecule has 1 aromatic heterocycles. The van der Waals surface area contributed by atoms with Crippen LogP contribution in [0.5, 0.6) is 11.6 Å². The Morgan fingerprint density at radius 3 is 2.51 bits per heavy atom. The maximum atomic E-state index is 12.6. The van der Waals surface area contributed by atoms with Crippen LogP contribution in [0.2, 0.25) is 0 Å². The molecule has 0 aliphatic carbocycles. The average molecular weight is 526 g/mol. The van der Waals surface area contributed by atoms with Crippen LogP contribution in [0.25, 0.3) is 21.9 Å². The van der Waals surface area contributed by atoms with Gasteiger partial charge in [-0.1, -0.05) is 30.3 Å². The predicted octanol–water partition coefficient (Wildman–Crippen LogP) is 6.05. The number of H-pyrrole nitrogens is 1. The van der Waals surface area contributed by atoms with Crippen LogP contribution in [0.1, 0.15) is 37.8 Å². The number of ether oxygens (including phenoxy) is 2. The minimum absolute atomic E-state index is 0.0996. The summed E-state index contributed by atoms with van der Waals surface area (Å²) in [4.78, 5) is 22.2. The summed E-state index contributed by atoms with van der Waals surface area (Å²) >= 11 is 0. The molecule has 7 heteroatoms. The number of methoxy groups -OCH3 is 1. The number of aromatic hydroxyl groups is 1. The highest BCUT2D eigenvalue weighted by molar-refractivity contribution is 6.03. The smallest absolute Gasteiger partial charge is 0.258 e. The van der Waals surface area contributed by atoms with E-state index >= 15 is 0 Å². The van der Waals surface area contributed by atoms with Crippen molar-refractivity contribution in [2.75, 3.05) is 20.3 Å². The largest absolute Gasteiger partial charge is 0.494 e. The molecule has 3 aromatic carbocycles. The first kappa shape index (κ1) is 26.7. The van der Waals surface area contributed by atoms with E-state index in [1.54, 1.807) is 19.4 Å². The molecule has 5 rings (SSSR count). The molecule has 2 N–H and O–H groups in total. The van der Waals surface area contributed by atoms with Gasteiger partial charge >= 0.3 is 0 Å². The Hall–Kier alpha value is -3.94. The normalized spacial score (nSPS) is 16.1. The lowest BCUT2D eigenvalue weighted by Crippen LogP contribution is -2.32. The van der Waals surface area contributed by atoms with Crippen LogP contribution in [0.4, 0.5) is 5.69 Å². The van der Waals surface area contributed by atoms with E-state index < -0.39 is 0 Å². The van der Waals surface area contributed by atoms with E-state index in [0.29, 0.717) is 22.4 Å². The number of benzene rings is 3. The average Bonchev–Trinajstić information content (AvgIpc) is 3.36. The van der Waals surface area contributed by atoms with Crippen LogP contribution < -0.4 is 10.3 Å². The Kier molecular flexibility index (Phi) is 8.10. The molecular weight excluding hydrogens is 490 g/mol. The summed E-state index contributed by atoms with van der Waals surface area (Å²) in [6, 6.07) is 22.0. The van der Waals surface area contributed by atoms with Gasteiger partial charge in [-0.3, -0.25) is 19.7 Å². The fourth-order valence-corrected chi connectivity index (χ4v) is 5.19. The fourth-order valence-electron chi connectivity index (χ4n) is 5.19. The summed E-state index contributed by atoms with van der Waals surface area (Å²) in [7, 11) is 1.76. The van der Waals surface area contributed by atoms with Crippen molar-refractivity contribution >= 4 is 22.7 Å². The number of hydrogen-bond acceptors (Lipinski definition) is 6. The summed E-state index contributed by atoms with van der Waals surface area (Å²) in [5.74, 6) is 0.599. The number of pyridine rings is 1. The number of aromatic amines is 1. The highest BCUT2D eigenvalue weighted by Crippen LogP contribution is 2.29. The number of nitrogens with one attached hydrogen (secondary N) is 1. The Labute approximate surface area is 228 Å². The lowest BCUT2D eigenvalue weighted by molar-refractivity contribution is 0.112. The van der Waals surface area contributed by atoms with E-state index in [4.69, 9.17) is 9.47 Å². The monoisotopic (exact) mass is 525 g/mol. The van der Waals surface area contributed by atoms with Crippen molar-refractivity contribution in [3.63, 3.8) is 0 Å². The molecule has 202 valence electrons. The zero-order chi connectivity index (χ0) is 27.4. The first-order valence-electron chi connectivity index (χ1n) is 13.4. The third kappa shape index (κ3) is 6.21. The van der Waals surface area contributed by atoms with Crippen molar-refractivity contribution in [2.24, 2.45) is 4.99 Å². The highest BCUT2D eigenvalue weighted by atomic mass is 16.5. The van der Waals surface area contributed by atoms with Crippen LogP contribution in [0.15, 0.2) is 76.5 Å². The van der Waals surface area contributed by atoms with Crippen LogP contribution >= 0.6 is 0 Å². The van der Waals surface area contributed by atoms with Gasteiger partial charge in [0.2, 0.25) is 5.88 Å². The first-order valence-corrected chi connectivity index (χ1v) is 13.4. The number of likely N-dealkylation sites (tertiary alicyclic amines) is 1. The number of nitrogens with zero attached hydrogens (tertiary/aromatic N) is 2.